The predicted molar refractivity (Wildman–Crippen MR) is 89.8 cm³/mol. The first-order valence-corrected chi connectivity index (χ1v) is 8.51. The van der Waals surface area contributed by atoms with Gasteiger partial charge in [-0.25, -0.2) is 0 Å². The lowest BCUT2D eigenvalue weighted by atomic mass is 9.82. The van der Waals surface area contributed by atoms with E-state index in [2.05, 4.69) is 0 Å². The summed E-state index contributed by atoms with van der Waals surface area (Å²) in [6.45, 7) is 1.98. The van der Waals surface area contributed by atoms with E-state index in [1.165, 1.54) is 12.1 Å². The van der Waals surface area contributed by atoms with E-state index in [0.717, 1.165) is 18.9 Å². The highest BCUT2D eigenvalue weighted by Crippen LogP contribution is 2.41. The molecule has 0 unspecified atom stereocenters. The van der Waals surface area contributed by atoms with E-state index in [1.807, 2.05) is 6.92 Å². The number of ketones is 2. The fourth-order valence-electron chi connectivity index (χ4n) is 3.40. The maximum absolute atomic E-state index is 12.8. The van der Waals surface area contributed by atoms with Crippen LogP contribution >= 0.6 is 0 Å². The fourth-order valence-corrected chi connectivity index (χ4v) is 3.40. The van der Waals surface area contributed by atoms with Crippen molar-refractivity contribution in [2.24, 2.45) is 0 Å². The molecular formula is C20H18O6-2. The predicted octanol–water partition coefficient (Wildman–Crippen LogP) is 2.14. The minimum Gasteiger partial charge on any atom is -0.872 e. The van der Waals surface area contributed by atoms with Crippen molar-refractivity contribution in [1.29, 1.82) is 0 Å². The van der Waals surface area contributed by atoms with Crippen LogP contribution in [0.1, 0.15) is 70.0 Å². The Morgan fingerprint density at radius 1 is 1.08 bits per heavy atom. The Hall–Kier alpha value is -3.02. The highest BCUT2D eigenvalue weighted by Gasteiger charge is 2.28. The van der Waals surface area contributed by atoms with Gasteiger partial charge < -0.3 is 20.4 Å². The third-order valence-electron chi connectivity index (χ3n) is 4.63. The number of carbonyl (C=O) groups is 2. The maximum Gasteiger partial charge on any atom is 0.192 e. The summed E-state index contributed by atoms with van der Waals surface area (Å²) < 4.78 is 0. The molecule has 0 saturated heterocycles. The average molecular weight is 354 g/mol. The first kappa shape index (κ1) is 17.8. The average Bonchev–Trinajstić information content (AvgIpc) is 2.53. The van der Waals surface area contributed by atoms with Gasteiger partial charge in [0.05, 0.1) is 5.56 Å². The van der Waals surface area contributed by atoms with Crippen LogP contribution < -0.4 is 10.2 Å². The molecule has 0 aliphatic heterocycles. The van der Waals surface area contributed by atoms with Gasteiger partial charge in [-0.15, -0.1) is 0 Å². The van der Waals surface area contributed by atoms with Crippen molar-refractivity contribution in [1.82, 2.24) is 0 Å². The van der Waals surface area contributed by atoms with Crippen molar-refractivity contribution in [3.8, 4) is 23.0 Å². The van der Waals surface area contributed by atoms with Gasteiger partial charge in [0.25, 0.3) is 0 Å². The molecule has 1 aliphatic rings. The van der Waals surface area contributed by atoms with Crippen molar-refractivity contribution in [3.63, 3.8) is 0 Å². The number of Topliss-reactive ketones (excluding diaryl/α,β-unsaturated/α-hetero) is 1. The molecular weight excluding hydrogens is 336 g/mol. The molecule has 1 aliphatic carbocycles. The van der Waals surface area contributed by atoms with Gasteiger partial charge in [-0.3, -0.25) is 9.59 Å². The standard InChI is InChI=1S/C20H20O6/c1-2-3-4-5-13(22)18-14(23)8-11-6-10-7-12(21)9-15(24)16(10)19(25)17(11)20(18)26/h7-9,21,23-24,26H,2-6H2,1H3/p-2. The number of fused-ring (bicyclic) bond motifs is 2. The number of carbonyl (C=O) groups excluding carboxylic acids is 2. The van der Waals surface area contributed by atoms with Crippen molar-refractivity contribution in [2.45, 2.75) is 39.0 Å². The first-order valence-electron chi connectivity index (χ1n) is 8.51. The number of benzene rings is 2. The van der Waals surface area contributed by atoms with Crippen LogP contribution in [0.25, 0.3) is 0 Å². The lowest BCUT2D eigenvalue weighted by Gasteiger charge is -2.29. The fraction of sp³-hybridized carbons (Fsp3) is 0.300. The molecule has 0 atom stereocenters. The van der Waals surface area contributed by atoms with Gasteiger partial charge in [-0.2, -0.15) is 0 Å². The largest absolute Gasteiger partial charge is 0.872 e. The van der Waals surface area contributed by atoms with Gasteiger partial charge in [0.1, 0.15) is 11.5 Å². The summed E-state index contributed by atoms with van der Waals surface area (Å²) in [7, 11) is 0. The lowest BCUT2D eigenvalue weighted by molar-refractivity contribution is -0.269. The SMILES string of the molecule is CCCCCC(=O)c1c(O)cc2c(c1[O-])C(=O)c1c([O-])cc(O)cc1C2. The number of phenolic OH excluding ortho intramolecular Hbond substituents is 2. The van der Waals surface area contributed by atoms with Gasteiger partial charge >= 0.3 is 0 Å². The minimum atomic E-state index is -0.829. The van der Waals surface area contributed by atoms with E-state index in [1.54, 1.807) is 0 Å². The maximum atomic E-state index is 12.8. The normalized spacial score (nSPS) is 12.6. The highest BCUT2D eigenvalue weighted by atomic mass is 16.3. The van der Waals surface area contributed by atoms with E-state index in [0.29, 0.717) is 12.0 Å². The molecule has 0 spiro atoms. The molecule has 0 radical (unpaired) electrons. The van der Waals surface area contributed by atoms with Crippen LogP contribution in [-0.4, -0.2) is 21.8 Å². The third-order valence-corrected chi connectivity index (χ3v) is 4.63. The molecule has 0 saturated carbocycles. The Bertz CT molecular complexity index is 913. The number of hydrogen-bond donors (Lipinski definition) is 2. The molecule has 6 nitrogen and oxygen atoms in total. The molecule has 136 valence electrons. The molecule has 0 fully saturated rings. The number of rotatable bonds is 5. The molecule has 2 N–H and O–H groups in total. The van der Waals surface area contributed by atoms with Crippen LogP contribution in [0.5, 0.6) is 23.0 Å². The quantitative estimate of drug-likeness (QED) is 0.535. The molecule has 2 aromatic rings. The Balaban J connectivity index is 2.08. The van der Waals surface area contributed by atoms with Crippen LogP contribution in [0.3, 0.4) is 0 Å². The monoisotopic (exact) mass is 354 g/mol. The molecule has 2 aromatic carbocycles. The van der Waals surface area contributed by atoms with Gasteiger partial charge in [0, 0.05) is 17.5 Å². The second-order valence-electron chi connectivity index (χ2n) is 6.50. The van der Waals surface area contributed by atoms with E-state index in [4.69, 9.17) is 0 Å². The first-order chi connectivity index (χ1) is 12.3. The summed E-state index contributed by atoms with van der Waals surface area (Å²) in [5.74, 6) is -3.48. The zero-order valence-electron chi connectivity index (χ0n) is 14.3. The van der Waals surface area contributed by atoms with Gasteiger partial charge in [0.15, 0.2) is 11.6 Å². The van der Waals surface area contributed by atoms with Gasteiger partial charge in [0.2, 0.25) is 0 Å². The second-order valence-corrected chi connectivity index (χ2v) is 6.50. The van der Waals surface area contributed by atoms with Crippen LogP contribution in [0.2, 0.25) is 0 Å². The van der Waals surface area contributed by atoms with E-state index in [-0.39, 0.29) is 40.8 Å². The van der Waals surface area contributed by atoms with Crippen LogP contribution in [0.4, 0.5) is 0 Å². The van der Waals surface area contributed by atoms with Crippen molar-refractivity contribution in [2.75, 3.05) is 0 Å². The molecule has 26 heavy (non-hydrogen) atoms. The van der Waals surface area contributed by atoms with Gasteiger partial charge in [-0.05, 0) is 42.2 Å². The Morgan fingerprint density at radius 3 is 2.46 bits per heavy atom. The van der Waals surface area contributed by atoms with Crippen LogP contribution in [0, 0.1) is 0 Å². The van der Waals surface area contributed by atoms with Crippen LogP contribution in [0.15, 0.2) is 18.2 Å². The minimum absolute atomic E-state index is 0.0488. The smallest absolute Gasteiger partial charge is 0.192 e. The van der Waals surface area contributed by atoms with Crippen molar-refractivity contribution in [3.05, 3.63) is 46.0 Å². The molecule has 0 heterocycles. The molecule has 0 bridgehead atoms. The zero-order valence-corrected chi connectivity index (χ0v) is 14.3. The summed E-state index contributed by atoms with van der Waals surface area (Å²) in [4.78, 5) is 25.1. The Kier molecular flexibility index (Phi) is 4.59. The topological polar surface area (TPSA) is 121 Å². The summed E-state index contributed by atoms with van der Waals surface area (Å²) in [5.41, 5.74) is -0.240. The Morgan fingerprint density at radius 2 is 1.77 bits per heavy atom. The second kappa shape index (κ2) is 6.71. The van der Waals surface area contributed by atoms with Gasteiger partial charge in [-0.1, -0.05) is 31.3 Å². The highest BCUT2D eigenvalue weighted by molar-refractivity contribution is 6.17. The molecule has 0 amide bonds. The lowest BCUT2D eigenvalue weighted by Crippen LogP contribution is -2.21. The van der Waals surface area contributed by atoms with E-state index >= 15 is 0 Å². The van der Waals surface area contributed by atoms with Crippen LogP contribution in [-0.2, 0) is 6.42 Å². The number of phenols is 2. The summed E-state index contributed by atoms with van der Waals surface area (Å²) >= 11 is 0. The molecule has 3 rings (SSSR count). The van der Waals surface area contributed by atoms with Crippen molar-refractivity contribution < 1.29 is 30.0 Å². The number of unbranched alkanes of at least 4 members (excludes halogenated alkanes) is 2. The molecule has 0 aromatic heterocycles. The summed E-state index contributed by atoms with van der Waals surface area (Å²) in [6.07, 6.45) is 2.48. The van der Waals surface area contributed by atoms with E-state index in [9.17, 15) is 30.0 Å². The van der Waals surface area contributed by atoms with Crippen molar-refractivity contribution >= 4 is 11.6 Å². The summed E-state index contributed by atoms with van der Waals surface area (Å²) in [5, 5.41) is 44.6. The zero-order chi connectivity index (χ0) is 19.0. The molecule has 6 heteroatoms. The third kappa shape index (κ3) is 2.87. The summed E-state index contributed by atoms with van der Waals surface area (Å²) in [6, 6.07) is 3.45. The number of aromatic hydroxyl groups is 2. The van der Waals surface area contributed by atoms with E-state index < -0.39 is 28.8 Å². The Labute approximate surface area is 150 Å². The number of hydrogen-bond acceptors (Lipinski definition) is 6.